The molecule has 2 rings (SSSR count). The minimum atomic E-state index is -0.270. The van der Waals surface area contributed by atoms with Crippen molar-refractivity contribution in [3.8, 4) is 11.5 Å². The Morgan fingerprint density at radius 1 is 1.04 bits per heavy atom. The molecule has 0 bridgehead atoms. The molecule has 0 unspecified atom stereocenters. The van der Waals surface area contributed by atoms with Crippen LogP contribution >= 0.6 is 23.2 Å². The molecule has 4 nitrogen and oxygen atoms in total. The Morgan fingerprint density at radius 3 is 2.57 bits per heavy atom. The van der Waals surface area contributed by atoms with Crippen LogP contribution in [0.4, 0.5) is 5.69 Å². The van der Waals surface area contributed by atoms with Crippen LogP contribution < -0.4 is 14.8 Å². The summed E-state index contributed by atoms with van der Waals surface area (Å²) in [7, 11) is 1.60. The summed E-state index contributed by atoms with van der Waals surface area (Å²) >= 11 is 11.8. The molecule has 0 atom stereocenters. The van der Waals surface area contributed by atoms with Crippen LogP contribution in [-0.4, -0.2) is 19.6 Å². The first kappa shape index (κ1) is 22.1. The average molecular weight is 422 g/mol. The molecule has 28 heavy (non-hydrogen) atoms. The summed E-state index contributed by atoms with van der Waals surface area (Å²) in [5.41, 5.74) is 1.41. The van der Waals surface area contributed by atoms with Gasteiger partial charge in [-0.15, -0.1) is 0 Å². The zero-order chi connectivity index (χ0) is 20.4. The van der Waals surface area contributed by atoms with Crippen LogP contribution in [0.3, 0.4) is 0 Å². The molecule has 0 radical (unpaired) electrons. The largest absolute Gasteiger partial charge is 0.493 e. The number of carbonyl (C=O) groups is 1. The number of methoxy groups -OCH3 is 1. The number of carbonyl (C=O) groups excluding carboxylic acids is 1. The second-order valence-corrected chi connectivity index (χ2v) is 7.09. The van der Waals surface area contributed by atoms with E-state index in [1.807, 2.05) is 18.2 Å². The number of amides is 1. The average Bonchev–Trinajstić information content (AvgIpc) is 2.69. The zero-order valence-electron chi connectivity index (χ0n) is 16.1. The monoisotopic (exact) mass is 421 g/mol. The second kappa shape index (κ2) is 11.6. The smallest absolute Gasteiger partial charge is 0.248 e. The highest BCUT2D eigenvalue weighted by atomic mass is 35.5. The molecule has 150 valence electrons. The summed E-state index contributed by atoms with van der Waals surface area (Å²) in [4.78, 5) is 12.1. The number of anilines is 1. The Balaban J connectivity index is 1.94. The van der Waals surface area contributed by atoms with E-state index >= 15 is 0 Å². The van der Waals surface area contributed by atoms with Crippen LogP contribution in [0.15, 0.2) is 42.5 Å². The highest BCUT2D eigenvalue weighted by Crippen LogP contribution is 2.29. The van der Waals surface area contributed by atoms with Crippen LogP contribution in [0.1, 0.15) is 38.2 Å². The van der Waals surface area contributed by atoms with Gasteiger partial charge in [-0.1, -0.05) is 55.5 Å². The predicted octanol–water partition coefficient (Wildman–Crippen LogP) is 6.61. The van der Waals surface area contributed by atoms with E-state index < -0.39 is 0 Å². The first-order valence-corrected chi connectivity index (χ1v) is 10.0. The van der Waals surface area contributed by atoms with E-state index in [0.29, 0.717) is 33.8 Å². The Kier molecular flexibility index (Phi) is 9.18. The summed E-state index contributed by atoms with van der Waals surface area (Å²) in [5.74, 6) is 1.08. The highest BCUT2D eigenvalue weighted by molar-refractivity contribution is 6.42. The quantitative estimate of drug-likeness (QED) is 0.346. The number of hydrogen-bond donors (Lipinski definition) is 1. The Bertz CT molecular complexity index is 821. The first-order chi connectivity index (χ1) is 13.5. The lowest BCUT2D eigenvalue weighted by molar-refractivity contribution is -0.111. The van der Waals surface area contributed by atoms with E-state index in [4.69, 9.17) is 32.7 Å². The molecule has 2 aromatic carbocycles. The van der Waals surface area contributed by atoms with E-state index in [1.165, 1.54) is 18.9 Å². The molecule has 0 fully saturated rings. The molecule has 1 N–H and O–H groups in total. The van der Waals surface area contributed by atoms with Crippen LogP contribution in [0.2, 0.25) is 10.0 Å². The first-order valence-electron chi connectivity index (χ1n) is 9.28. The number of halogens is 2. The van der Waals surface area contributed by atoms with Gasteiger partial charge in [-0.3, -0.25) is 4.79 Å². The minimum Gasteiger partial charge on any atom is -0.493 e. The maximum atomic E-state index is 12.1. The van der Waals surface area contributed by atoms with Crippen LogP contribution in [0.5, 0.6) is 11.5 Å². The maximum Gasteiger partial charge on any atom is 0.248 e. The van der Waals surface area contributed by atoms with Gasteiger partial charge in [0.05, 0.1) is 23.8 Å². The topological polar surface area (TPSA) is 47.6 Å². The van der Waals surface area contributed by atoms with Crippen molar-refractivity contribution in [3.63, 3.8) is 0 Å². The third-order valence-electron chi connectivity index (χ3n) is 4.06. The number of nitrogens with one attached hydrogen (secondary N) is 1. The van der Waals surface area contributed by atoms with Crippen LogP contribution in [0.25, 0.3) is 6.08 Å². The molecule has 0 aliphatic heterocycles. The van der Waals surface area contributed by atoms with E-state index in [2.05, 4.69) is 12.2 Å². The van der Waals surface area contributed by atoms with E-state index in [1.54, 1.807) is 31.4 Å². The van der Waals surface area contributed by atoms with Crippen molar-refractivity contribution in [1.82, 2.24) is 0 Å². The van der Waals surface area contributed by atoms with E-state index in [-0.39, 0.29) is 5.91 Å². The van der Waals surface area contributed by atoms with Crippen molar-refractivity contribution in [1.29, 1.82) is 0 Å². The van der Waals surface area contributed by atoms with E-state index in [9.17, 15) is 4.79 Å². The normalized spacial score (nSPS) is 10.9. The van der Waals surface area contributed by atoms with Gasteiger partial charge < -0.3 is 14.8 Å². The molecule has 0 spiro atoms. The molecule has 0 aliphatic carbocycles. The number of unbranched alkanes of at least 4 members (excludes halogenated alkanes) is 3. The Morgan fingerprint density at radius 2 is 1.86 bits per heavy atom. The van der Waals surface area contributed by atoms with Gasteiger partial charge in [0.25, 0.3) is 0 Å². The van der Waals surface area contributed by atoms with E-state index in [0.717, 1.165) is 18.4 Å². The minimum absolute atomic E-state index is 0.270. The van der Waals surface area contributed by atoms with Gasteiger partial charge in [0, 0.05) is 11.8 Å². The van der Waals surface area contributed by atoms with Gasteiger partial charge in [-0.05, 0) is 48.4 Å². The van der Waals surface area contributed by atoms with Gasteiger partial charge in [-0.2, -0.15) is 0 Å². The molecule has 0 aromatic heterocycles. The lowest BCUT2D eigenvalue weighted by atomic mass is 10.2. The van der Waals surface area contributed by atoms with Gasteiger partial charge in [0.1, 0.15) is 0 Å². The summed E-state index contributed by atoms with van der Waals surface area (Å²) in [6.07, 6.45) is 7.75. The Hall–Kier alpha value is -2.17. The van der Waals surface area contributed by atoms with Crippen molar-refractivity contribution in [3.05, 3.63) is 58.1 Å². The van der Waals surface area contributed by atoms with Crippen molar-refractivity contribution >= 4 is 40.9 Å². The molecule has 0 aliphatic rings. The molecule has 6 heteroatoms. The van der Waals surface area contributed by atoms with Crippen molar-refractivity contribution in [2.24, 2.45) is 0 Å². The molecule has 2 aromatic rings. The fraction of sp³-hybridized carbons (Fsp3) is 0.318. The standard InChI is InChI=1S/C22H25Cl2NO3/c1-3-4-5-6-13-28-20-11-7-16(14-21(20)27-2)8-12-22(26)25-17-9-10-18(23)19(24)15-17/h7-12,14-15H,3-6,13H2,1-2H3,(H,25,26). The van der Waals surface area contributed by atoms with Crippen LogP contribution in [0, 0.1) is 0 Å². The molecular formula is C22H25Cl2NO3. The van der Waals surface area contributed by atoms with Crippen LogP contribution in [-0.2, 0) is 4.79 Å². The SMILES string of the molecule is CCCCCCOc1ccc(C=CC(=O)Nc2ccc(Cl)c(Cl)c2)cc1OC. The molecule has 0 saturated carbocycles. The van der Waals surface area contributed by atoms with Crippen molar-refractivity contribution in [2.45, 2.75) is 32.6 Å². The summed E-state index contributed by atoms with van der Waals surface area (Å²) in [5, 5.41) is 3.57. The fourth-order valence-corrected chi connectivity index (χ4v) is 2.85. The number of ether oxygens (including phenoxy) is 2. The van der Waals surface area contributed by atoms with Crippen molar-refractivity contribution < 1.29 is 14.3 Å². The molecule has 0 saturated heterocycles. The number of hydrogen-bond acceptors (Lipinski definition) is 3. The van der Waals surface area contributed by atoms with Crippen molar-refractivity contribution in [2.75, 3.05) is 19.0 Å². The van der Waals surface area contributed by atoms with Gasteiger partial charge in [0.2, 0.25) is 5.91 Å². The fourth-order valence-electron chi connectivity index (χ4n) is 2.55. The second-order valence-electron chi connectivity index (χ2n) is 6.27. The predicted molar refractivity (Wildman–Crippen MR) is 117 cm³/mol. The lowest BCUT2D eigenvalue weighted by Crippen LogP contribution is -2.07. The maximum absolute atomic E-state index is 12.1. The summed E-state index contributed by atoms with van der Waals surface area (Å²) in [6, 6.07) is 10.5. The Labute approximate surface area is 176 Å². The lowest BCUT2D eigenvalue weighted by Gasteiger charge is -2.11. The van der Waals surface area contributed by atoms with Gasteiger partial charge in [0.15, 0.2) is 11.5 Å². The number of rotatable bonds is 10. The summed E-state index contributed by atoms with van der Waals surface area (Å²) in [6.45, 7) is 2.85. The molecule has 0 heterocycles. The summed E-state index contributed by atoms with van der Waals surface area (Å²) < 4.78 is 11.2. The molecular weight excluding hydrogens is 397 g/mol. The number of benzene rings is 2. The third-order valence-corrected chi connectivity index (χ3v) is 4.80. The van der Waals surface area contributed by atoms with Gasteiger partial charge >= 0.3 is 0 Å². The van der Waals surface area contributed by atoms with Gasteiger partial charge in [-0.25, -0.2) is 0 Å². The third kappa shape index (κ3) is 7.10. The highest BCUT2D eigenvalue weighted by Gasteiger charge is 2.06. The molecule has 1 amide bonds. The zero-order valence-corrected chi connectivity index (χ0v) is 17.6.